The molecule has 5 rings (SSSR count). The van der Waals surface area contributed by atoms with E-state index >= 15 is 0 Å². The molecule has 1 aliphatic heterocycles. The van der Waals surface area contributed by atoms with Gasteiger partial charge in [-0.3, -0.25) is 14.7 Å². The average molecular weight is 457 g/mol. The summed E-state index contributed by atoms with van der Waals surface area (Å²) in [7, 11) is 0. The Kier molecular flexibility index (Phi) is 6.12. The second-order valence-electron chi connectivity index (χ2n) is 8.28. The fourth-order valence-electron chi connectivity index (χ4n) is 4.72. The lowest BCUT2D eigenvalue weighted by Gasteiger charge is -2.41. The van der Waals surface area contributed by atoms with Crippen LogP contribution in [0.1, 0.15) is 29.7 Å². The number of ether oxygens (including phenoxy) is 1. The van der Waals surface area contributed by atoms with Crippen molar-refractivity contribution in [3.05, 3.63) is 124 Å². The lowest BCUT2D eigenvalue weighted by molar-refractivity contribution is -0.160. The molecule has 1 amide bonds. The van der Waals surface area contributed by atoms with E-state index in [2.05, 4.69) is 11.1 Å². The van der Waals surface area contributed by atoms with Crippen molar-refractivity contribution in [1.82, 2.24) is 9.88 Å². The van der Waals surface area contributed by atoms with Crippen LogP contribution in [-0.2, 0) is 28.2 Å². The summed E-state index contributed by atoms with van der Waals surface area (Å²) >= 11 is 6.23. The van der Waals surface area contributed by atoms with Crippen molar-refractivity contribution in [1.29, 1.82) is 0 Å². The van der Waals surface area contributed by atoms with Crippen LogP contribution in [0.5, 0.6) is 0 Å². The van der Waals surface area contributed by atoms with E-state index in [1.54, 1.807) is 6.20 Å². The van der Waals surface area contributed by atoms with Gasteiger partial charge in [0, 0.05) is 41.0 Å². The van der Waals surface area contributed by atoms with Gasteiger partial charge in [-0.05, 0) is 48.2 Å². The van der Waals surface area contributed by atoms with Gasteiger partial charge in [0.1, 0.15) is 0 Å². The third-order valence-corrected chi connectivity index (χ3v) is 6.50. The summed E-state index contributed by atoms with van der Waals surface area (Å²) in [6, 6.07) is 23.6. The second-order valence-corrected chi connectivity index (χ2v) is 8.72. The molecule has 2 heterocycles. The maximum absolute atomic E-state index is 13.7. The van der Waals surface area contributed by atoms with Gasteiger partial charge in [-0.25, -0.2) is 0 Å². The Bertz CT molecular complexity index is 1190. The van der Waals surface area contributed by atoms with E-state index < -0.39 is 5.72 Å². The fourth-order valence-corrected chi connectivity index (χ4v) is 4.85. The lowest BCUT2D eigenvalue weighted by Crippen LogP contribution is -2.48. The first-order valence-corrected chi connectivity index (χ1v) is 11.6. The summed E-state index contributed by atoms with van der Waals surface area (Å²) in [6.07, 6.45) is 8.13. The normalized spacial score (nSPS) is 19.8. The highest BCUT2D eigenvalue weighted by Crippen LogP contribution is 2.49. The van der Waals surface area contributed by atoms with Gasteiger partial charge in [-0.2, -0.15) is 0 Å². The first-order chi connectivity index (χ1) is 16.2. The van der Waals surface area contributed by atoms with E-state index in [0.717, 1.165) is 40.8 Å². The number of carbonyl (C=O) groups is 1. The maximum Gasteiger partial charge on any atom is 0.257 e. The van der Waals surface area contributed by atoms with Crippen molar-refractivity contribution in [2.24, 2.45) is 0 Å². The SMILES string of the molecule is O=C1C2=C(CCC=C2)C(OCCc2ccccn2)(c2ccc(Cl)cc2)N1Cc1ccccc1. The number of rotatable bonds is 7. The molecule has 166 valence electrons. The first-order valence-electron chi connectivity index (χ1n) is 11.2. The van der Waals surface area contributed by atoms with E-state index in [4.69, 9.17) is 16.3 Å². The number of carbonyl (C=O) groups excluding carboxylic acids is 1. The predicted octanol–water partition coefficient (Wildman–Crippen LogP) is 5.84. The van der Waals surface area contributed by atoms with Crippen molar-refractivity contribution in [2.75, 3.05) is 6.61 Å². The number of aromatic nitrogens is 1. The van der Waals surface area contributed by atoms with Crippen LogP contribution in [0, 0.1) is 0 Å². The fraction of sp³-hybridized carbons (Fsp3) is 0.214. The Hall–Kier alpha value is -3.21. The molecule has 0 spiro atoms. The van der Waals surface area contributed by atoms with Crippen LogP contribution in [0.4, 0.5) is 0 Å². The Morgan fingerprint density at radius 3 is 2.55 bits per heavy atom. The molecule has 2 aromatic carbocycles. The first kappa shape index (κ1) is 21.6. The summed E-state index contributed by atoms with van der Waals surface area (Å²) in [5.74, 6) is -0.00223. The summed E-state index contributed by atoms with van der Waals surface area (Å²) in [6.45, 7) is 0.880. The van der Waals surface area contributed by atoms with Gasteiger partial charge >= 0.3 is 0 Å². The van der Waals surface area contributed by atoms with E-state index in [9.17, 15) is 4.79 Å². The zero-order valence-electron chi connectivity index (χ0n) is 18.3. The van der Waals surface area contributed by atoms with Crippen molar-refractivity contribution in [3.63, 3.8) is 0 Å². The van der Waals surface area contributed by atoms with Gasteiger partial charge in [0.15, 0.2) is 5.72 Å². The molecular weight excluding hydrogens is 432 g/mol. The molecule has 0 saturated carbocycles. The molecule has 1 atom stereocenters. The highest BCUT2D eigenvalue weighted by atomic mass is 35.5. The van der Waals surface area contributed by atoms with Crippen LogP contribution in [0.15, 0.2) is 102 Å². The number of hydrogen-bond donors (Lipinski definition) is 0. The lowest BCUT2D eigenvalue weighted by atomic mass is 9.87. The third-order valence-electron chi connectivity index (χ3n) is 6.25. The number of amides is 1. The van der Waals surface area contributed by atoms with E-state index in [1.807, 2.05) is 83.8 Å². The van der Waals surface area contributed by atoms with Gasteiger partial charge in [0.05, 0.1) is 6.61 Å². The summed E-state index contributed by atoms with van der Waals surface area (Å²) in [5, 5.41) is 0.652. The van der Waals surface area contributed by atoms with Crippen molar-refractivity contribution >= 4 is 17.5 Å². The highest BCUT2D eigenvalue weighted by Gasteiger charge is 2.53. The molecule has 4 nitrogen and oxygen atoms in total. The second kappa shape index (κ2) is 9.34. The molecule has 3 aromatic rings. The van der Waals surface area contributed by atoms with Crippen LogP contribution < -0.4 is 0 Å². The van der Waals surface area contributed by atoms with Crippen LogP contribution in [-0.4, -0.2) is 22.4 Å². The molecule has 0 bridgehead atoms. The smallest absolute Gasteiger partial charge is 0.257 e. The minimum absolute atomic E-state index is 0.00223. The maximum atomic E-state index is 13.7. The summed E-state index contributed by atoms with van der Waals surface area (Å²) < 4.78 is 6.78. The summed E-state index contributed by atoms with van der Waals surface area (Å²) in [4.78, 5) is 20.0. The predicted molar refractivity (Wildman–Crippen MR) is 129 cm³/mol. The molecule has 0 fully saturated rings. The Balaban J connectivity index is 1.59. The van der Waals surface area contributed by atoms with E-state index in [1.165, 1.54) is 0 Å². The number of halogens is 1. The number of pyridine rings is 1. The number of benzene rings is 2. The van der Waals surface area contributed by atoms with E-state index in [0.29, 0.717) is 24.6 Å². The monoisotopic (exact) mass is 456 g/mol. The average Bonchev–Trinajstić information content (AvgIpc) is 3.09. The van der Waals surface area contributed by atoms with Gasteiger partial charge in [-0.1, -0.05) is 72.3 Å². The molecular formula is C28H25ClN2O2. The zero-order valence-corrected chi connectivity index (χ0v) is 19.0. The van der Waals surface area contributed by atoms with Gasteiger partial charge in [0.25, 0.3) is 5.91 Å². The Morgan fingerprint density at radius 2 is 1.79 bits per heavy atom. The molecule has 2 aliphatic rings. The molecule has 0 saturated heterocycles. The van der Waals surface area contributed by atoms with Crippen LogP contribution in [0.25, 0.3) is 0 Å². The van der Waals surface area contributed by atoms with Crippen molar-refractivity contribution < 1.29 is 9.53 Å². The van der Waals surface area contributed by atoms with Gasteiger partial charge < -0.3 is 4.74 Å². The molecule has 33 heavy (non-hydrogen) atoms. The molecule has 1 aliphatic carbocycles. The van der Waals surface area contributed by atoms with Gasteiger partial charge in [-0.15, -0.1) is 0 Å². The largest absolute Gasteiger partial charge is 0.347 e. The standard InChI is InChI=1S/C28H25ClN2O2/c29-23-15-13-22(14-16-23)28(33-19-17-24-10-6-7-18-30-24)26-12-5-4-11-25(26)27(32)31(28)20-21-8-2-1-3-9-21/h1-4,6-11,13-16,18H,5,12,17,19-20H2. The summed E-state index contributed by atoms with van der Waals surface area (Å²) in [5.41, 5.74) is 3.71. The van der Waals surface area contributed by atoms with Crippen LogP contribution in [0.3, 0.4) is 0 Å². The topological polar surface area (TPSA) is 42.4 Å². The zero-order chi connectivity index (χ0) is 22.7. The Labute approximate surface area is 199 Å². The third kappa shape index (κ3) is 4.12. The van der Waals surface area contributed by atoms with Crippen LogP contribution in [0.2, 0.25) is 5.02 Å². The van der Waals surface area contributed by atoms with Crippen LogP contribution >= 0.6 is 11.6 Å². The number of nitrogens with zero attached hydrogens (tertiary/aromatic N) is 2. The molecule has 0 N–H and O–H groups in total. The number of hydrogen-bond acceptors (Lipinski definition) is 3. The highest BCUT2D eigenvalue weighted by molar-refractivity contribution is 6.30. The molecule has 5 heteroatoms. The van der Waals surface area contributed by atoms with Gasteiger partial charge in [0.2, 0.25) is 0 Å². The van der Waals surface area contributed by atoms with Crippen molar-refractivity contribution in [3.8, 4) is 0 Å². The molecule has 1 unspecified atom stereocenters. The Morgan fingerprint density at radius 1 is 1.00 bits per heavy atom. The molecule has 1 aromatic heterocycles. The number of allylic oxidation sites excluding steroid dienone is 1. The molecule has 0 radical (unpaired) electrons. The van der Waals surface area contributed by atoms with E-state index in [-0.39, 0.29) is 5.91 Å². The minimum Gasteiger partial charge on any atom is -0.347 e. The minimum atomic E-state index is -0.980. The van der Waals surface area contributed by atoms with Crippen molar-refractivity contribution in [2.45, 2.75) is 31.5 Å². The quantitative estimate of drug-likeness (QED) is 0.448.